The van der Waals surface area contributed by atoms with Gasteiger partial charge in [-0.3, -0.25) is 0 Å². The lowest BCUT2D eigenvalue weighted by molar-refractivity contribution is 0.629. The lowest BCUT2D eigenvalue weighted by Gasteiger charge is -2.12. The summed E-state index contributed by atoms with van der Waals surface area (Å²) in [5, 5.41) is 0.906. The molecule has 0 spiro atoms. The van der Waals surface area contributed by atoms with Gasteiger partial charge in [0, 0.05) is 17.1 Å². The minimum Gasteiger partial charge on any atom is -0.361 e. The van der Waals surface area contributed by atoms with Gasteiger partial charge in [-0.15, -0.1) is 5.54 Å². The zero-order valence-electron chi connectivity index (χ0n) is 13.7. The van der Waals surface area contributed by atoms with Crippen LogP contribution in [-0.2, 0) is 0 Å². The summed E-state index contributed by atoms with van der Waals surface area (Å²) in [4.78, 5) is 3.24. The number of nitrogens with one attached hydrogen (secondary N) is 1. The number of aromatic nitrogens is 1. The third-order valence-corrected chi connectivity index (χ3v) is 4.61. The molecule has 116 valence electrons. The molecule has 1 N–H and O–H groups in total. The zero-order valence-corrected chi connectivity index (χ0v) is 14.7. The Morgan fingerprint density at radius 1 is 1.04 bits per heavy atom. The summed E-state index contributed by atoms with van der Waals surface area (Å²) >= 11 is 0. The van der Waals surface area contributed by atoms with E-state index in [1.165, 1.54) is 6.07 Å². The molecule has 1 unspecified atom stereocenters. The molecule has 3 rings (SSSR count). The molecule has 0 radical (unpaired) electrons. The van der Waals surface area contributed by atoms with Crippen molar-refractivity contribution in [3.63, 3.8) is 0 Å². The van der Waals surface area contributed by atoms with Crippen molar-refractivity contribution < 1.29 is 4.39 Å². The van der Waals surface area contributed by atoms with Gasteiger partial charge in [-0.1, -0.05) is 55.9 Å². The van der Waals surface area contributed by atoms with Crippen LogP contribution in [0.1, 0.15) is 17.0 Å². The minimum absolute atomic E-state index is 0.0431. The average Bonchev–Trinajstić information content (AvgIpc) is 2.91. The molecular formula is C20H20FNSi. The van der Waals surface area contributed by atoms with Gasteiger partial charge < -0.3 is 4.98 Å². The molecule has 3 aromatic rings. The van der Waals surface area contributed by atoms with E-state index in [1.54, 1.807) is 12.1 Å². The van der Waals surface area contributed by atoms with Crippen LogP contribution in [0.3, 0.4) is 0 Å². The molecular weight excluding hydrogens is 301 g/mol. The largest absolute Gasteiger partial charge is 0.361 e. The Balaban J connectivity index is 2.17. The molecule has 1 atom stereocenters. The maximum Gasteiger partial charge on any atom is 0.129 e. The van der Waals surface area contributed by atoms with E-state index in [0.29, 0.717) is 0 Å². The molecule has 0 bridgehead atoms. The van der Waals surface area contributed by atoms with E-state index in [0.717, 1.165) is 22.0 Å². The Kier molecular flexibility index (Phi) is 4.10. The summed E-state index contributed by atoms with van der Waals surface area (Å²) in [5.74, 6) is 3.20. The number of rotatable bonds is 2. The third kappa shape index (κ3) is 3.54. The van der Waals surface area contributed by atoms with Crippen molar-refractivity contribution >= 4 is 19.0 Å². The average molecular weight is 321 g/mol. The predicted octanol–water partition coefficient (Wildman–Crippen LogP) is 5.32. The van der Waals surface area contributed by atoms with Crippen LogP contribution in [-0.4, -0.2) is 13.1 Å². The highest BCUT2D eigenvalue weighted by Gasteiger charge is 2.17. The summed E-state index contributed by atoms with van der Waals surface area (Å²) < 4.78 is 13.7. The maximum absolute atomic E-state index is 13.7. The van der Waals surface area contributed by atoms with Crippen molar-refractivity contribution in [3.8, 4) is 11.5 Å². The number of hydrogen-bond donors (Lipinski definition) is 1. The smallest absolute Gasteiger partial charge is 0.129 e. The van der Waals surface area contributed by atoms with E-state index >= 15 is 0 Å². The molecule has 0 aliphatic heterocycles. The van der Waals surface area contributed by atoms with Gasteiger partial charge >= 0.3 is 0 Å². The fourth-order valence-corrected chi connectivity index (χ4v) is 3.21. The van der Waals surface area contributed by atoms with Crippen LogP contribution in [0.4, 0.5) is 4.39 Å². The van der Waals surface area contributed by atoms with Crippen LogP contribution in [0.2, 0.25) is 19.6 Å². The number of aromatic amines is 1. The SMILES string of the molecule is C[Si](C)(C)C#CC(c1ccccc1)c1c[nH]c2ccc(F)cc12. The topological polar surface area (TPSA) is 15.8 Å². The summed E-state index contributed by atoms with van der Waals surface area (Å²) in [6, 6.07) is 15.1. The molecule has 2 aromatic carbocycles. The second-order valence-corrected chi connectivity index (χ2v) is 11.5. The van der Waals surface area contributed by atoms with Gasteiger partial charge in [0.05, 0.1) is 5.92 Å². The molecule has 3 heteroatoms. The molecule has 0 amide bonds. The zero-order chi connectivity index (χ0) is 16.4. The van der Waals surface area contributed by atoms with E-state index < -0.39 is 8.07 Å². The van der Waals surface area contributed by atoms with Crippen molar-refractivity contribution in [2.75, 3.05) is 0 Å². The lowest BCUT2D eigenvalue weighted by Crippen LogP contribution is -2.17. The fourth-order valence-electron chi connectivity index (χ4n) is 2.63. The molecule has 0 aliphatic rings. The highest BCUT2D eigenvalue weighted by molar-refractivity contribution is 6.83. The number of halogens is 1. The molecule has 0 fully saturated rings. The first-order valence-electron chi connectivity index (χ1n) is 7.78. The Bertz CT molecular complexity index is 879. The highest BCUT2D eigenvalue weighted by Crippen LogP contribution is 2.31. The van der Waals surface area contributed by atoms with Crippen LogP contribution in [0, 0.1) is 17.3 Å². The van der Waals surface area contributed by atoms with Gasteiger partial charge in [0.15, 0.2) is 0 Å². The van der Waals surface area contributed by atoms with Crippen LogP contribution < -0.4 is 0 Å². The van der Waals surface area contributed by atoms with E-state index in [1.807, 2.05) is 24.4 Å². The summed E-state index contributed by atoms with van der Waals surface area (Å²) in [7, 11) is -1.49. The van der Waals surface area contributed by atoms with E-state index in [4.69, 9.17) is 0 Å². The van der Waals surface area contributed by atoms with Crippen molar-refractivity contribution in [1.82, 2.24) is 4.98 Å². The first kappa shape index (κ1) is 15.6. The van der Waals surface area contributed by atoms with E-state index in [-0.39, 0.29) is 11.7 Å². The number of hydrogen-bond acceptors (Lipinski definition) is 0. The van der Waals surface area contributed by atoms with Crippen molar-refractivity contribution in [3.05, 3.63) is 71.7 Å². The first-order valence-corrected chi connectivity index (χ1v) is 11.3. The maximum atomic E-state index is 13.7. The van der Waals surface area contributed by atoms with Crippen molar-refractivity contribution in [2.45, 2.75) is 25.6 Å². The first-order chi connectivity index (χ1) is 10.9. The third-order valence-electron chi connectivity index (χ3n) is 3.71. The lowest BCUT2D eigenvalue weighted by atomic mass is 9.92. The number of benzene rings is 2. The van der Waals surface area contributed by atoms with Gasteiger partial charge in [-0.2, -0.15) is 0 Å². The molecule has 0 saturated carbocycles. The summed E-state index contributed by atoms with van der Waals surface area (Å²) in [5.41, 5.74) is 6.59. The number of H-pyrrole nitrogens is 1. The highest BCUT2D eigenvalue weighted by atomic mass is 28.3. The summed E-state index contributed by atoms with van der Waals surface area (Å²) in [6.07, 6.45) is 1.96. The fraction of sp³-hybridized carbons (Fsp3) is 0.200. The van der Waals surface area contributed by atoms with Crippen molar-refractivity contribution in [1.29, 1.82) is 0 Å². The molecule has 1 nitrogen and oxygen atoms in total. The molecule has 1 heterocycles. The standard InChI is InChI=1S/C20H20FNSi/c1-23(2,3)12-11-17(15-7-5-4-6-8-15)19-14-22-20-10-9-16(21)13-18(19)20/h4-10,13-14,17,22H,1-3H3. The van der Waals surface area contributed by atoms with Crippen LogP contribution in [0.5, 0.6) is 0 Å². The molecule has 23 heavy (non-hydrogen) atoms. The normalized spacial score (nSPS) is 12.7. The van der Waals surface area contributed by atoms with Gasteiger partial charge in [0.2, 0.25) is 0 Å². The second-order valence-electron chi connectivity index (χ2n) is 6.80. The Labute approximate surface area is 137 Å². The quantitative estimate of drug-likeness (QED) is 0.486. The summed E-state index contributed by atoms with van der Waals surface area (Å²) in [6.45, 7) is 6.70. The monoisotopic (exact) mass is 321 g/mol. The molecule has 1 aromatic heterocycles. The Morgan fingerprint density at radius 3 is 2.48 bits per heavy atom. The number of fused-ring (bicyclic) bond motifs is 1. The van der Waals surface area contributed by atoms with Crippen LogP contribution >= 0.6 is 0 Å². The van der Waals surface area contributed by atoms with E-state index in [2.05, 4.69) is 48.2 Å². The van der Waals surface area contributed by atoms with E-state index in [9.17, 15) is 4.39 Å². The minimum atomic E-state index is -1.49. The van der Waals surface area contributed by atoms with Crippen LogP contribution in [0.15, 0.2) is 54.7 Å². The molecule has 0 saturated heterocycles. The molecule has 0 aliphatic carbocycles. The van der Waals surface area contributed by atoms with Crippen LogP contribution in [0.25, 0.3) is 10.9 Å². The van der Waals surface area contributed by atoms with Gasteiger partial charge in [0.1, 0.15) is 13.9 Å². The van der Waals surface area contributed by atoms with Gasteiger partial charge in [-0.05, 0) is 29.3 Å². The Hall–Kier alpha value is -2.31. The van der Waals surface area contributed by atoms with Crippen molar-refractivity contribution in [2.24, 2.45) is 0 Å². The predicted molar refractivity (Wildman–Crippen MR) is 97.7 cm³/mol. The van der Waals surface area contributed by atoms with Gasteiger partial charge in [-0.25, -0.2) is 4.39 Å². The Morgan fingerprint density at radius 2 is 1.78 bits per heavy atom. The van der Waals surface area contributed by atoms with Gasteiger partial charge in [0.25, 0.3) is 0 Å². The second kappa shape index (κ2) is 6.06.